The molecular weight excluding hydrogens is 180 g/mol. The molecule has 3 heteroatoms. The van der Waals surface area contributed by atoms with Crippen LogP contribution in [0.1, 0.15) is 5.69 Å². The number of aromatic amines is 1. The van der Waals surface area contributed by atoms with Crippen molar-refractivity contribution >= 4 is 12.2 Å². The van der Waals surface area contributed by atoms with Crippen LogP contribution in [0, 0.1) is 4.77 Å². The molecule has 1 aromatic heterocycles. The van der Waals surface area contributed by atoms with Crippen molar-refractivity contribution in [2.45, 2.75) is 13.0 Å². The van der Waals surface area contributed by atoms with E-state index >= 15 is 0 Å². The van der Waals surface area contributed by atoms with E-state index in [1.165, 1.54) is 0 Å². The molecule has 0 fully saturated rings. The van der Waals surface area contributed by atoms with Crippen molar-refractivity contribution in [2.75, 3.05) is 0 Å². The Labute approximate surface area is 83.2 Å². The molecule has 0 bridgehead atoms. The zero-order valence-electron chi connectivity index (χ0n) is 7.49. The standard InChI is InChI=1S/C10H12N2S/c1-3-5-9-6-8-12(7-4-2)10(13)11-9/h3-4,6,8H,1-2,5,7H2/p+1. The van der Waals surface area contributed by atoms with Crippen LogP contribution in [0.5, 0.6) is 0 Å². The fourth-order valence-electron chi connectivity index (χ4n) is 1.06. The highest BCUT2D eigenvalue weighted by Gasteiger charge is 2.00. The number of H-pyrrole nitrogens is 1. The average molecular weight is 193 g/mol. The summed E-state index contributed by atoms with van der Waals surface area (Å²) in [6.45, 7) is 8.07. The van der Waals surface area contributed by atoms with E-state index in [0.29, 0.717) is 0 Å². The number of allylic oxidation sites excluding steroid dienone is 2. The number of hydrogen-bond donors (Lipinski definition) is 1. The van der Waals surface area contributed by atoms with Crippen molar-refractivity contribution < 1.29 is 4.57 Å². The molecule has 0 saturated heterocycles. The smallest absolute Gasteiger partial charge is 0.234 e. The Hall–Kier alpha value is -1.22. The number of nitrogens with one attached hydrogen (secondary N) is 1. The summed E-state index contributed by atoms with van der Waals surface area (Å²) in [5, 5.41) is 0. The highest BCUT2D eigenvalue weighted by Crippen LogP contribution is 1.93. The lowest BCUT2D eigenvalue weighted by molar-refractivity contribution is -0.696. The summed E-state index contributed by atoms with van der Waals surface area (Å²) in [6.07, 6.45) is 6.44. The lowest BCUT2D eigenvalue weighted by Gasteiger charge is -1.96. The van der Waals surface area contributed by atoms with Crippen molar-refractivity contribution in [3.05, 3.63) is 48.0 Å². The van der Waals surface area contributed by atoms with E-state index in [-0.39, 0.29) is 0 Å². The summed E-state index contributed by atoms with van der Waals surface area (Å²) < 4.78 is 2.65. The lowest BCUT2D eigenvalue weighted by atomic mass is 10.3. The van der Waals surface area contributed by atoms with Gasteiger partial charge in [-0.3, -0.25) is 0 Å². The zero-order valence-corrected chi connectivity index (χ0v) is 8.31. The molecule has 0 spiro atoms. The molecule has 0 aliphatic heterocycles. The van der Waals surface area contributed by atoms with Gasteiger partial charge in [0.15, 0.2) is 0 Å². The van der Waals surface area contributed by atoms with Crippen molar-refractivity contribution in [2.24, 2.45) is 0 Å². The summed E-state index contributed by atoms with van der Waals surface area (Å²) in [5.74, 6) is 0. The molecule has 0 unspecified atom stereocenters. The molecule has 2 nitrogen and oxygen atoms in total. The summed E-state index contributed by atoms with van der Waals surface area (Å²) in [4.78, 5) is 3.12. The predicted molar refractivity (Wildman–Crippen MR) is 55.9 cm³/mol. The molecule has 13 heavy (non-hydrogen) atoms. The molecule has 0 saturated carbocycles. The second-order valence-electron chi connectivity index (χ2n) is 2.70. The van der Waals surface area contributed by atoms with Crippen molar-refractivity contribution in [3.8, 4) is 0 Å². The van der Waals surface area contributed by atoms with E-state index in [0.717, 1.165) is 23.4 Å². The average Bonchev–Trinajstić information content (AvgIpc) is 2.10. The number of hydrogen-bond acceptors (Lipinski definition) is 1. The first kappa shape index (κ1) is 9.86. The van der Waals surface area contributed by atoms with Crippen LogP contribution in [0.4, 0.5) is 0 Å². The van der Waals surface area contributed by atoms with Gasteiger partial charge in [-0.1, -0.05) is 18.7 Å². The maximum Gasteiger partial charge on any atom is 0.349 e. The first-order valence-corrected chi connectivity index (χ1v) is 4.52. The lowest BCUT2D eigenvalue weighted by Crippen LogP contribution is -2.34. The summed E-state index contributed by atoms with van der Waals surface area (Å²) >= 11 is 5.14. The maximum atomic E-state index is 5.14. The highest BCUT2D eigenvalue weighted by molar-refractivity contribution is 7.71. The Balaban J connectivity index is 2.97. The minimum Gasteiger partial charge on any atom is -0.234 e. The topological polar surface area (TPSA) is 19.7 Å². The molecule has 1 rings (SSSR count). The van der Waals surface area contributed by atoms with Gasteiger partial charge in [0, 0.05) is 24.7 Å². The highest BCUT2D eigenvalue weighted by atomic mass is 32.1. The third-order valence-corrected chi connectivity index (χ3v) is 2.01. The molecule has 0 aliphatic carbocycles. The van der Waals surface area contributed by atoms with Gasteiger partial charge in [-0.05, 0) is 0 Å². The summed E-state index contributed by atoms with van der Waals surface area (Å²) in [6, 6.07) is 2.00. The van der Waals surface area contributed by atoms with Crippen LogP contribution >= 0.6 is 12.2 Å². The summed E-state index contributed by atoms with van der Waals surface area (Å²) in [7, 11) is 0. The van der Waals surface area contributed by atoms with Crippen LogP contribution in [0.2, 0.25) is 0 Å². The van der Waals surface area contributed by atoms with Crippen LogP contribution in [0.25, 0.3) is 0 Å². The van der Waals surface area contributed by atoms with Gasteiger partial charge >= 0.3 is 4.77 Å². The molecule has 0 aliphatic rings. The Kier molecular flexibility index (Phi) is 3.58. The van der Waals surface area contributed by atoms with Crippen LogP contribution in [0.15, 0.2) is 37.6 Å². The molecule has 0 aromatic carbocycles. The van der Waals surface area contributed by atoms with Crippen molar-refractivity contribution in [1.29, 1.82) is 0 Å². The van der Waals surface area contributed by atoms with E-state index in [2.05, 4.69) is 18.1 Å². The number of nitrogens with zero attached hydrogens (tertiary/aromatic N) is 1. The SMILES string of the molecule is C=CCc1cc[n+](CC=C)c(=S)[nH]1. The van der Waals surface area contributed by atoms with E-state index < -0.39 is 0 Å². The Morgan fingerprint density at radius 1 is 1.46 bits per heavy atom. The second kappa shape index (κ2) is 4.72. The second-order valence-corrected chi connectivity index (χ2v) is 3.09. The first-order chi connectivity index (χ1) is 6.27. The first-order valence-electron chi connectivity index (χ1n) is 4.11. The van der Waals surface area contributed by atoms with Gasteiger partial charge in [-0.2, -0.15) is 0 Å². The van der Waals surface area contributed by atoms with Crippen molar-refractivity contribution in [1.82, 2.24) is 4.98 Å². The third-order valence-electron chi connectivity index (χ3n) is 1.67. The van der Waals surface area contributed by atoms with Gasteiger partial charge in [0.2, 0.25) is 0 Å². The van der Waals surface area contributed by atoms with Gasteiger partial charge in [0.05, 0.1) is 6.20 Å². The quantitative estimate of drug-likeness (QED) is 0.440. The van der Waals surface area contributed by atoms with Crippen LogP contribution in [0.3, 0.4) is 0 Å². The fraction of sp³-hybridized carbons (Fsp3) is 0.200. The summed E-state index contributed by atoms with van der Waals surface area (Å²) in [5.41, 5.74) is 1.08. The molecule has 1 heterocycles. The van der Waals surface area contributed by atoms with E-state index in [4.69, 9.17) is 12.2 Å². The molecule has 0 atom stereocenters. The number of rotatable bonds is 4. The largest absolute Gasteiger partial charge is 0.349 e. The minimum atomic E-state index is 0.722. The van der Waals surface area contributed by atoms with Crippen LogP contribution in [-0.2, 0) is 13.0 Å². The van der Waals surface area contributed by atoms with Crippen LogP contribution in [-0.4, -0.2) is 4.98 Å². The zero-order chi connectivity index (χ0) is 9.68. The van der Waals surface area contributed by atoms with Crippen molar-refractivity contribution in [3.63, 3.8) is 0 Å². The molecule has 1 aromatic rings. The molecule has 0 radical (unpaired) electrons. The van der Waals surface area contributed by atoms with Gasteiger partial charge in [-0.15, -0.1) is 6.58 Å². The maximum absolute atomic E-state index is 5.14. The Bertz CT molecular complexity index is 365. The van der Waals surface area contributed by atoms with Crippen LogP contribution < -0.4 is 4.57 Å². The predicted octanol–water partition coefficient (Wildman–Crippen LogP) is 1.95. The fourth-order valence-corrected chi connectivity index (χ4v) is 1.32. The van der Waals surface area contributed by atoms with Gasteiger partial charge in [0.1, 0.15) is 12.2 Å². The van der Waals surface area contributed by atoms with Gasteiger partial charge < -0.3 is 0 Å². The van der Waals surface area contributed by atoms with Gasteiger partial charge in [0.25, 0.3) is 0 Å². The van der Waals surface area contributed by atoms with E-state index in [1.807, 2.05) is 29.0 Å². The van der Waals surface area contributed by atoms with E-state index in [9.17, 15) is 0 Å². The molecule has 68 valence electrons. The molecule has 0 amide bonds. The number of aromatic nitrogens is 2. The monoisotopic (exact) mass is 193 g/mol. The third kappa shape index (κ3) is 2.63. The minimum absolute atomic E-state index is 0.722. The van der Waals surface area contributed by atoms with E-state index in [1.54, 1.807) is 0 Å². The van der Waals surface area contributed by atoms with Gasteiger partial charge in [-0.25, -0.2) is 9.55 Å². The normalized spacial score (nSPS) is 9.54. The molecular formula is C10H13N2S+. The molecule has 1 N–H and O–H groups in total. The Morgan fingerprint density at radius 2 is 2.23 bits per heavy atom. The Morgan fingerprint density at radius 3 is 2.77 bits per heavy atom.